The Kier molecular flexibility index (Phi) is 5.54. The molecule has 0 aliphatic heterocycles. The zero-order valence-corrected chi connectivity index (χ0v) is 15.2. The third kappa shape index (κ3) is 4.44. The number of nitrogens with zero attached hydrogens (tertiary/aromatic N) is 4. The fourth-order valence-corrected chi connectivity index (χ4v) is 2.50. The van der Waals surface area contributed by atoms with Crippen LogP contribution < -0.4 is 16.8 Å². The van der Waals surface area contributed by atoms with Gasteiger partial charge in [-0.2, -0.15) is 0 Å². The second-order valence-corrected chi connectivity index (χ2v) is 6.19. The largest absolute Gasteiger partial charge is 0.398 e. The summed E-state index contributed by atoms with van der Waals surface area (Å²) in [7, 11) is 0. The van der Waals surface area contributed by atoms with Crippen LogP contribution in [0.1, 0.15) is 19.8 Å². The van der Waals surface area contributed by atoms with Crippen molar-refractivity contribution < 1.29 is 9.59 Å². The Morgan fingerprint density at radius 3 is 2.04 bits per heavy atom. The topological polar surface area (TPSA) is 150 Å². The number of anilines is 3. The van der Waals surface area contributed by atoms with Gasteiger partial charge in [-0.3, -0.25) is 4.79 Å². The lowest BCUT2D eigenvalue weighted by molar-refractivity contribution is -0.121. The van der Waals surface area contributed by atoms with E-state index in [1.165, 1.54) is 6.92 Å². The van der Waals surface area contributed by atoms with Crippen LogP contribution in [0.15, 0.2) is 42.5 Å². The lowest BCUT2D eigenvalue weighted by atomic mass is 10.1. The monoisotopic (exact) mass is 377 g/mol. The highest BCUT2D eigenvalue weighted by atomic mass is 16.2. The van der Waals surface area contributed by atoms with Gasteiger partial charge in [0.1, 0.15) is 5.78 Å². The molecular weight excluding hydrogens is 358 g/mol. The predicted molar refractivity (Wildman–Crippen MR) is 106 cm³/mol. The van der Waals surface area contributed by atoms with E-state index in [-0.39, 0.29) is 30.4 Å². The third-order valence-electron chi connectivity index (χ3n) is 3.96. The zero-order valence-electron chi connectivity index (χ0n) is 15.2. The number of nitrogens with two attached hydrogens (primary N) is 2. The van der Waals surface area contributed by atoms with Crippen molar-refractivity contribution in [2.24, 2.45) is 0 Å². The number of ketones is 1. The summed E-state index contributed by atoms with van der Waals surface area (Å²) in [6.45, 7) is 1.44. The van der Waals surface area contributed by atoms with Gasteiger partial charge in [0.25, 0.3) is 0 Å². The van der Waals surface area contributed by atoms with Gasteiger partial charge in [-0.05, 0) is 37.3 Å². The molecule has 28 heavy (non-hydrogen) atoms. The van der Waals surface area contributed by atoms with E-state index in [2.05, 4.69) is 25.7 Å². The molecule has 0 saturated carbocycles. The molecule has 0 spiro atoms. The Morgan fingerprint density at radius 1 is 0.857 bits per heavy atom. The minimum Gasteiger partial charge on any atom is -0.398 e. The maximum Gasteiger partial charge on any atom is 0.224 e. The number of para-hydroxylation sites is 1. The first-order chi connectivity index (χ1) is 13.4. The molecule has 0 bridgehead atoms. The van der Waals surface area contributed by atoms with E-state index in [0.29, 0.717) is 34.0 Å². The van der Waals surface area contributed by atoms with Crippen LogP contribution >= 0.6 is 0 Å². The molecule has 1 aromatic heterocycles. The number of aromatic nitrogens is 4. The van der Waals surface area contributed by atoms with Gasteiger partial charge in [0.05, 0.1) is 0 Å². The number of carbonyl (C=O) groups is 2. The molecule has 0 saturated heterocycles. The normalized spacial score (nSPS) is 10.5. The van der Waals surface area contributed by atoms with Gasteiger partial charge in [-0.1, -0.05) is 12.1 Å². The van der Waals surface area contributed by atoms with Gasteiger partial charge in [-0.25, -0.2) is 0 Å². The van der Waals surface area contributed by atoms with Crippen molar-refractivity contribution in [2.45, 2.75) is 19.8 Å². The molecule has 142 valence electrons. The van der Waals surface area contributed by atoms with Gasteiger partial charge in [0.15, 0.2) is 0 Å². The molecule has 2 aromatic carbocycles. The number of hydrogen-bond acceptors (Lipinski definition) is 8. The molecular formula is C19H19N7O2. The Hall–Kier alpha value is -3.88. The molecule has 0 fully saturated rings. The van der Waals surface area contributed by atoms with Crippen LogP contribution in [0.25, 0.3) is 22.8 Å². The second kappa shape index (κ2) is 8.21. The standard InChI is InChI=1S/C19H19N7O2/c1-11(27)6-9-17(28)22-12-7-8-14(16(21)10-12)19-25-23-18(24-26-19)13-4-2-3-5-15(13)20/h2-5,7-8,10H,6,9,20-21H2,1H3,(H,22,28). The summed E-state index contributed by atoms with van der Waals surface area (Å²) < 4.78 is 0. The summed E-state index contributed by atoms with van der Waals surface area (Å²) in [5.74, 6) is 0.273. The predicted octanol–water partition coefficient (Wildman–Crippen LogP) is 2.07. The number of carbonyl (C=O) groups excluding carboxylic acids is 2. The Morgan fingerprint density at radius 2 is 1.46 bits per heavy atom. The van der Waals surface area contributed by atoms with E-state index >= 15 is 0 Å². The maximum absolute atomic E-state index is 11.8. The van der Waals surface area contributed by atoms with E-state index in [1.54, 1.807) is 30.3 Å². The SMILES string of the molecule is CC(=O)CCC(=O)Nc1ccc(-c2nnc(-c3ccccc3N)nn2)c(N)c1. The summed E-state index contributed by atoms with van der Waals surface area (Å²) in [6, 6.07) is 12.1. The van der Waals surface area contributed by atoms with Crippen molar-refractivity contribution in [3.8, 4) is 22.8 Å². The number of nitrogens with one attached hydrogen (secondary N) is 1. The van der Waals surface area contributed by atoms with Gasteiger partial charge < -0.3 is 21.6 Å². The maximum atomic E-state index is 11.8. The van der Waals surface area contributed by atoms with Crippen LogP contribution in [0.2, 0.25) is 0 Å². The molecule has 0 aliphatic rings. The Balaban J connectivity index is 1.76. The highest BCUT2D eigenvalue weighted by Crippen LogP contribution is 2.26. The minimum absolute atomic E-state index is 0.0390. The van der Waals surface area contributed by atoms with Gasteiger partial charge >= 0.3 is 0 Å². The molecule has 0 aliphatic carbocycles. The van der Waals surface area contributed by atoms with Crippen molar-refractivity contribution >= 4 is 28.8 Å². The first-order valence-electron chi connectivity index (χ1n) is 8.55. The summed E-state index contributed by atoms with van der Waals surface area (Å²) in [4.78, 5) is 22.8. The molecule has 9 nitrogen and oxygen atoms in total. The second-order valence-electron chi connectivity index (χ2n) is 6.19. The van der Waals surface area contributed by atoms with E-state index in [4.69, 9.17) is 11.5 Å². The van der Waals surface area contributed by atoms with Crippen LogP contribution in [0, 0.1) is 0 Å². The van der Waals surface area contributed by atoms with Crippen LogP contribution in [0.4, 0.5) is 17.1 Å². The third-order valence-corrected chi connectivity index (χ3v) is 3.96. The summed E-state index contributed by atoms with van der Waals surface area (Å²) in [6.07, 6.45) is 0.320. The highest BCUT2D eigenvalue weighted by Gasteiger charge is 2.12. The van der Waals surface area contributed by atoms with Gasteiger partial charge in [0.2, 0.25) is 17.6 Å². The molecule has 9 heteroatoms. The number of hydrogen-bond donors (Lipinski definition) is 3. The molecule has 3 aromatic rings. The van der Waals surface area contributed by atoms with Crippen molar-refractivity contribution in [1.29, 1.82) is 0 Å². The first-order valence-corrected chi connectivity index (χ1v) is 8.55. The molecule has 0 radical (unpaired) electrons. The average Bonchev–Trinajstić information content (AvgIpc) is 2.67. The molecule has 3 rings (SSSR count). The summed E-state index contributed by atoms with van der Waals surface area (Å²) in [5.41, 5.74) is 14.6. The van der Waals surface area contributed by atoms with Crippen molar-refractivity contribution in [1.82, 2.24) is 20.4 Å². The van der Waals surface area contributed by atoms with E-state index in [1.807, 2.05) is 12.1 Å². The number of amides is 1. The van der Waals surface area contributed by atoms with E-state index < -0.39 is 0 Å². The van der Waals surface area contributed by atoms with E-state index in [0.717, 1.165) is 0 Å². The lowest BCUT2D eigenvalue weighted by Gasteiger charge is -2.09. The minimum atomic E-state index is -0.258. The fraction of sp³-hybridized carbons (Fsp3) is 0.158. The van der Waals surface area contributed by atoms with Gasteiger partial charge in [-0.15, -0.1) is 20.4 Å². The quantitative estimate of drug-likeness (QED) is 0.552. The number of nitrogen functional groups attached to an aromatic ring is 2. The van der Waals surface area contributed by atoms with Crippen molar-refractivity contribution in [2.75, 3.05) is 16.8 Å². The zero-order chi connectivity index (χ0) is 20.1. The summed E-state index contributed by atoms with van der Waals surface area (Å²) in [5, 5.41) is 19.0. The first kappa shape index (κ1) is 18.9. The fourth-order valence-electron chi connectivity index (χ4n) is 2.50. The Bertz CT molecular complexity index is 1020. The van der Waals surface area contributed by atoms with Crippen LogP contribution in [-0.4, -0.2) is 32.1 Å². The highest BCUT2D eigenvalue weighted by molar-refractivity contribution is 5.94. The summed E-state index contributed by atoms with van der Waals surface area (Å²) >= 11 is 0. The number of Topliss-reactive ketones (excluding diaryl/α,β-unsaturated/α-hetero) is 1. The molecule has 5 N–H and O–H groups in total. The smallest absolute Gasteiger partial charge is 0.224 e. The van der Waals surface area contributed by atoms with E-state index in [9.17, 15) is 9.59 Å². The van der Waals surface area contributed by atoms with Crippen molar-refractivity contribution in [3.63, 3.8) is 0 Å². The van der Waals surface area contributed by atoms with Crippen LogP contribution in [0.5, 0.6) is 0 Å². The Labute approximate surface area is 161 Å². The van der Waals surface area contributed by atoms with Crippen LogP contribution in [-0.2, 0) is 9.59 Å². The van der Waals surface area contributed by atoms with Crippen LogP contribution in [0.3, 0.4) is 0 Å². The number of rotatable bonds is 6. The molecule has 0 atom stereocenters. The molecule has 1 heterocycles. The molecule has 1 amide bonds. The van der Waals surface area contributed by atoms with Gasteiger partial charge in [0, 0.05) is 41.0 Å². The average molecular weight is 377 g/mol. The van der Waals surface area contributed by atoms with Crippen molar-refractivity contribution in [3.05, 3.63) is 42.5 Å². The molecule has 0 unspecified atom stereocenters. The lowest BCUT2D eigenvalue weighted by Crippen LogP contribution is -2.13. The number of benzene rings is 2.